The summed E-state index contributed by atoms with van der Waals surface area (Å²) >= 11 is 3.36. The summed E-state index contributed by atoms with van der Waals surface area (Å²) in [5.74, 6) is 0. The van der Waals surface area contributed by atoms with Crippen molar-refractivity contribution in [3.63, 3.8) is 0 Å². The van der Waals surface area contributed by atoms with Crippen LogP contribution in [0.15, 0.2) is 41.3 Å². The first-order valence-corrected chi connectivity index (χ1v) is 8.01. The lowest BCUT2D eigenvalue weighted by atomic mass is 10.2. The number of nitrogen functional groups attached to an aromatic ring is 1. The fraction of sp³-hybridized carbons (Fsp3) is 0.0714. The molecule has 0 bridgehead atoms. The van der Waals surface area contributed by atoms with Crippen LogP contribution < -0.4 is 16.0 Å². The maximum atomic E-state index is 5.85. The van der Waals surface area contributed by atoms with Crippen LogP contribution in [0.1, 0.15) is 0 Å². The predicted octanol–water partition coefficient (Wildman–Crippen LogP) is 4.99. The van der Waals surface area contributed by atoms with Gasteiger partial charge in [-0.2, -0.15) is 0 Å². The van der Waals surface area contributed by atoms with E-state index in [-0.39, 0.29) is 39.5 Å². The molecule has 0 saturated heterocycles. The van der Waals surface area contributed by atoms with E-state index in [0.717, 1.165) is 10.2 Å². The Morgan fingerprint density at radius 3 is 2.77 bits per heavy atom. The third-order valence-corrected chi connectivity index (χ3v) is 5.72. The summed E-state index contributed by atoms with van der Waals surface area (Å²) in [6, 6.07) is 12.7. The Balaban J connectivity index is 0.000000720. The molecule has 1 unspecified atom stereocenters. The van der Waals surface area contributed by atoms with Crippen LogP contribution in [0.2, 0.25) is 0 Å². The third-order valence-electron chi connectivity index (χ3n) is 3.68. The van der Waals surface area contributed by atoms with E-state index in [2.05, 4.69) is 51.6 Å². The largest absolute Gasteiger partial charge is 0.375 e. The van der Waals surface area contributed by atoms with E-state index in [1.165, 1.54) is 22.0 Å². The molecule has 0 spiro atoms. The highest BCUT2D eigenvalue weighted by Gasteiger charge is 2.38. The van der Waals surface area contributed by atoms with Crippen LogP contribution in [-0.2, 0) is 0 Å². The second-order valence-electron chi connectivity index (χ2n) is 4.81. The van der Waals surface area contributed by atoms with Crippen molar-refractivity contribution >= 4 is 89.5 Å². The highest BCUT2D eigenvalue weighted by atomic mass is 79.9. The van der Waals surface area contributed by atoms with Gasteiger partial charge in [0.15, 0.2) is 10.6 Å². The number of hydrogen-bond acceptors (Lipinski definition) is 6. The number of nitrogens with two attached hydrogens (primary N) is 1. The Labute approximate surface area is 156 Å². The smallest absolute Gasteiger partial charge is 0.181 e. The lowest BCUT2D eigenvalue weighted by Gasteiger charge is -2.17. The van der Waals surface area contributed by atoms with Crippen molar-refractivity contribution in [2.24, 2.45) is 0 Å². The van der Waals surface area contributed by atoms with Crippen LogP contribution in [0.25, 0.3) is 10.2 Å². The SMILES string of the molecule is Br.Br.Nc1nc2c3c(ccc2s1)N1c2ccccc2NC1S3. The minimum absolute atomic E-state index is 0. The molecule has 4 nitrogen and oxygen atoms in total. The lowest BCUT2D eigenvalue weighted by molar-refractivity contribution is 1.05. The van der Waals surface area contributed by atoms with Gasteiger partial charge < -0.3 is 16.0 Å². The van der Waals surface area contributed by atoms with E-state index in [1.54, 1.807) is 11.3 Å². The fourth-order valence-electron chi connectivity index (χ4n) is 2.86. The van der Waals surface area contributed by atoms with E-state index in [0.29, 0.717) is 5.13 Å². The van der Waals surface area contributed by atoms with E-state index in [4.69, 9.17) is 5.73 Å². The number of aromatic nitrogens is 1. The van der Waals surface area contributed by atoms with Gasteiger partial charge in [0, 0.05) is 0 Å². The molecule has 0 fully saturated rings. The van der Waals surface area contributed by atoms with Crippen LogP contribution in [0.5, 0.6) is 0 Å². The summed E-state index contributed by atoms with van der Waals surface area (Å²) < 4.78 is 1.16. The molecule has 2 aliphatic rings. The average Bonchev–Trinajstić information content (AvgIpc) is 3.07. The zero-order valence-corrected chi connectivity index (χ0v) is 16.2. The Morgan fingerprint density at radius 2 is 1.91 bits per heavy atom. The molecule has 3 N–H and O–H groups in total. The average molecular weight is 460 g/mol. The molecule has 2 aliphatic heterocycles. The lowest BCUT2D eigenvalue weighted by Crippen LogP contribution is -2.23. The first-order valence-electron chi connectivity index (χ1n) is 6.32. The molecule has 3 aromatic rings. The molecule has 2 aromatic carbocycles. The Morgan fingerprint density at radius 1 is 1.09 bits per heavy atom. The number of nitrogens with zero attached hydrogens (tertiary/aromatic N) is 2. The van der Waals surface area contributed by atoms with Crippen LogP contribution in [0, 0.1) is 0 Å². The number of halogens is 2. The first kappa shape index (κ1) is 15.9. The zero-order valence-electron chi connectivity index (χ0n) is 11.1. The van der Waals surface area contributed by atoms with Gasteiger partial charge in [-0.15, -0.1) is 34.0 Å². The number of thiazole rings is 1. The topological polar surface area (TPSA) is 54.2 Å². The highest BCUT2D eigenvalue weighted by molar-refractivity contribution is 8.93. The van der Waals surface area contributed by atoms with E-state index in [1.807, 2.05) is 11.8 Å². The molecule has 0 saturated carbocycles. The van der Waals surface area contributed by atoms with Gasteiger partial charge >= 0.3 is 0 Å². The second-order valence-corrected chi connectivity index (χ2v) is 6.97. The van der Waals surface area contributed by atoms with E-state index < -0.39 is 0 Å². The zero-order chi connectivity index (χ0) is 13.3. The molecule has 0 aliphatic carbocycles. The summed E-state index contributed by atoms with van der Waals surface area (Å²) in [6.07, 6.45) is 0. The van der Waals surface area contributed by atoms with Gasteiger partial charge in [-0.05, 0) is 24.3 Å². The molecular formula is C14H12Br2N4S2. The van der Waals surface area contributed by atoms with Gasteiger partial charge in [0.1, 0.15) is 0 Å². The third kappa shape index (κ3) is 2.05. The number of rotatable bonds is 0. The number of anilines is 4. The van der Waals surface area contributed by atoms with Crippen LogP contribution in [0.3, 0.4) is 0 Å². The Bertz CT molecular complexity index is 867. The van der Waals surface area contributed by atoms with Crippen molar-refractivity contribution in [1.29, 1.82) is 0 Å². The van der Waals surface area contributed by atoms with Gasteiger partial charge in [-0.3, -0.25) is 0 Å². The van der Waals surface area contributed by atoms with E-state index in [9.17, 15) is 0 Å². The molecule has 1 aromatic heterocycles. The quantitative estimate of drug-likeness (QED) is 0.496. The van der Waals surface area contributed by atoms with Crippen molar-refractivity contribution in [1.82, 2.24) is 4.98 Å². The van der Waals surface area contributed by atoms with E-state index >= 15 is 0 Å². The van der Waals surface area contributed by atoms with Gasteiger partial charge in [0.2, 0.25) is 0 Å². The minimum atomic E-state index is 0. The Hall–Kier alpha value is -0.960. The van der Waals surface area contributed by atoms with Crippen LogP contribution in [-0.4, -0.2) is 10.5 Å². The number of hydrogen-bond donors (Lipinski definition) is 2. The van der Waals surface area contributed by atoms with Gasteiger partial charge in [0.05, 0.1) is 32.2 Å². The van der Waals surface area contributed by atoms with Crippen LogP contribution in [0.4, 0.5) is 22.2 Å². The molecule has 0 amide bonds. The maximum absolute atomic E-state index is 5.85. The van der Waals surface area contributed by atoms with Gasteiger partial charge in [-0.25, -0.2) is 4.98 Å². The number of thioether (sulfide) groups is 1. The van der Waals surface area contributed by atoms with Gasteiger partial charge in [-0.1, -0.05) is 35.2 Å². The molecule has 22 heavy (non-hydrogen) atoms. The summed E-state index contributed by atoms with van der Waals surface area (Å²) in [5.41, 5.74) is 10.7. The number of nitrogens with one attached hydrogen (secondary N) is 1. The van der Waals surface area contributed by atoms with Crippen molar-refractivity contribution in [2.75, 3.05) is 16.0 Å². The standard InChI is InChI=1S/C14H10N4S2.2BrH/c15-13-17-11-10(19-13)6-5-9-12(11)20-14-16-7-3-1-2-4-8(7)18(9)14;;/h1-6,14,16H,(H2,15,17);2*1H. The molecule has 8 heteroatoms. The van der Waals surface area contributed by atoms with Gasteiger partial charge in [0.25, 0.3) is 0 Å². The molecule has 0 radical (unpaired) electrons. The molecule has 1 atom stereocenters. The van der Waals surface area contributed by atoms with Crippen molar-refractivity contribution < 1.29 is 0 Å². The van der Waals surface area contributed by atoms with Crippen molar-refractivity contribution in [3.8, 4) is 0 Å². The summed E-state index contributed by atoms with van der Waals surface area (Å²) in [7, 11) is 0. The molecule has 3 heterocycles. The summed E-state index contributed by atoms with van der Waals surface area (Å²) in [6.45, 7) is 0. The molecule has 5 rings (SSSR count). The first-order chi connectivity index (χ1) is 9.81. The fourth-order valence-corrected chi connectivity index (χ4v) is 4.97. The maximum Gasteiger partial charge on any atom is 0.181 e. The predicted molar refractivity (Wildman–Crippen MR) is 107 cm³/mol. The van der Waals surface area contributed by atoms with Crippen LogP contribution >= 0.6 is 57.1 Å². The summed E-state index contributed by atoms with van der Waals surface area (Å²) in [5, 5.41) is 4.18. The summed E-state index contributed by atoms with van der Waals surface area (Å²) in [4.78, 5) is 8.05. The number of benzene rings is 2. The molecule has 114 valence electrons. The Kier molecular flexibility index (Phi) is 4.05. The van der Waals surface area contributed by atoms with Crippen molar-refractivity contribution in [2.45, 2.75) is 10.4 Å². The minimum Gasteiger partial charge on any atom is -0.375 e. The second kappa shape index (κ2) is 5.59. The highest BCUT2D eigenvalue weighted by Crippen LogP contribution is 2.55. The monoisotopic (exact) mass is 458 g/mol. The number of fused-ring (bicyclic) bond motifs is 7. The van der Waals surface area contributed by atoms with Crippen molar-refractivity contribution in [3.05, 3.63) is 36.4 Å². The molecular weight excluding hydrogens is 448 g/mol. The number of para-hydroxylation sites is 2. The normalized spacial score (nSPS) is 17.1.